The number of fused-ring (bicyclic) bond motifs is 1. The zero-order chi connectivity index (χ0) is 20.4. The van der Waals surface area contributed by atoms with Crippen molar-refractivity contribution in [2.75, 3.05) is 11.9 Å². The molecule has 1 amide bonds. The molecule has 148 valence electrons. The molecule has 5 nitrogen and oxygen atoms in total. The Morgan fingerprint density at radius 2 is 1.86 bits per heavy atom. The maximum atomic E-state index is 12.7. The molecule has 4 rings (SSSR count). The summed E-state index contributed by atoms with van der Waals surface area (Å²) in [5.74, 6) is 0.718. The third kappa shape index (κ3) is 4.46. The van der Waals surface area contributed by atoms with Crippen molar-refractivity contribution in [2.45, 2.75) is 27.2 Å². The summed E-state index contributed by atoms with van der Waals surface area (Å²) in [5.41, 5.74) is 3.96. The van der Waals surface area contributed by atoms with Crippen LogP contribution >= 0.6 is 22.7 Å². The lowest BCUT2D eigenvalue weighted by atomic mass is 10.1. The third-order valence-corrected chi connectivity index (χ3v) is 6.27. The Bertz CT molecular complexity index is 1160. The molecule has 29 heavy (non-hydrogen) atoms. The first-order valence-corrected chi connectivity index (χ1v) is 11.0. The summed E-state index contributed by atoms with van der Waals surface area (Å²) in [6.07, 6.45) is 0.273. The van der Waals surface area contributed by atoms with Crippen LogP contribution in [0, 0.1) is 13.8 Å². The predicted molar refractivity (Wildman–Crippen MR) is 120 cm³/mol. The van der Waals surface area contributed by atoms with Gasteiger partial charge in [-0.25, -0.2) is 9.97 Å². The summed E-state index contributed by atoms with van der Waals surface area (Å²) in [6.45, 7) is 6.59. The molecule has 4 aromatic rings. The Kier molecular flexibility index (Phi) is 5.60. The molecular weight excluding hydrogens is 402 g/mol. The van der Waals surface area contributed by atoms with Crippen LogP contribution in [0.4, 0.5) is 5.13 Å². The monoisotopic (exact) mass is 423 g/mol. The van der Waals surface area contributed by atoms with Gasteiger partial charge in [0.1, 0.15) is 5.75 Å². The van der Waals surface area contributed by atoms with Gasteiger partial charge in [0, 0.05) is 10.4 Å². The number of nitrogens with one attached hydrogen (secondary N) is 1. The molecule has 0 atom stereocenters. The van der Waals surface area contributed by atoms with Gasteiger partial charge in [-0.15, -0.1) is 11.3 Å². The highest BCUT2D eigenvalue weighted by molar-refractivity contribution is 7.22. The fourth-order valence-corrected chi connectivity index (χ4v) is 4.92. The number of ether oxygens (including phenoxy) is 1. The molecule has 2 heterocycles. The molecule has 0 aliphatic rings. The van der Waals surface area contributed by atoms with Gasteiger partial charge in [0.15, 0.2) is 5.13 Å². The Labute approximate surface area is 177 Å². The Balaban J connectivity index is 1.51. The van der Waals surface area contributed by atoms with Gasteiger partial charge in [-0.3, -0.25) is 4.79 Å². The molecule has 2 aromatic carbocycles. The Hall–Kier alpha value is -2.77. The van der Waals surface area contributed by atoms with Crippen molar-refractivity contribution in [3.8, 4) is 17.0 Å². The molecule has 0 spiro atoms. The van der Waals surface area contributed by atoms with Crippen LogP contribution in [0.15, 0.2) is 42.5 Å². The van der Waals surface area contributed by atoms with Crippen LogP contribution in [0.5, 0.6) is 5.75 Å². The van der Waals surface area contributed by atoms with Gasteiger partial charge in [0.2, 0.25) is 5.91 Å². The van der Waals surface area contributed by atoms with Crippen molar-refractivity contribution in [3.05, 3.63) is 57.9 Å². The molecular formula is C22H21N3O2S2. The first kappa shape index (κ1) is 19.5. The lowest BCUT2D eigenvalue weighted by molar-refractivity contribution is -0.115. The summed E-state index contributed by atoms with van der Waals surface area (Å²) in [4.78, 5) is 22.8. The number of amides is 1. The molecule has 0 aliphatic carbocycles. The standard InChI is InChI=1S/C22H21N3O2S2/c1-4-27-16-9-10-17-18(11-16)29-22(24-17)25-20(26)12-19-21(23-14(3)28-19)15-7-5-13(2)6-8-15/h5-11H,4,12H2,1-3H3,(H,24,25,26). The predicted octanol–water partition coefficient (Wildman–Crippen LogP) is 5.62. The molecule has 0 unspecified atom stereocenters. The number of hydrogen-bond acceptors (Lipinski definition) is 6. The summed E-state index contributed by atoms with van der Waals surface area (Å²) in [5, 5.41) is 4.48. The zero-order valence-corrected chi connectivity index (χ0v) is 18.1. The van der Waals surface area contributed by atoms with Crippen LogP contribution in [-0.2, 0) is 11.2 Å². The SMILES string of the molecule is CCOc1ccc2nc(NC(=O)Cc3sc(C)nc3-c3ccc(C)cc3)sc2c1. The van der Waals surface area contributed by atoms with Gasteiger partial charge in [-0.1, -0.05) is 41.2 Å². The van der Waals surface area contributed by atoms with Crippen molar-refractivity contribution in [3.63, 3.8) is 0 Å². The fourth-order valence-electron chi connectivity index (χ4n) is 3.05. The highest BCUT2D eigenvalue weighted by Gasteiger charge is 2.16. The molecule has 0 radical (unpaired) electrons. The number of rotatable bonds is 6. The molecule has 1 N–H and O–H groups in total. The Morgan fingerprint density at radius 3 is 2.62 bits per heavy atom. The highest BCUT2D eigenvalue weighted by atomic mass is 32.1. The molecule has 0 bridgehead atoms. The minimum Gasteiger partial charge on any atom is -0.494 e. The number of aryl methyl sites for hydroxylation is 2. The lowest BCUT2D eigenvalue weighted by Crippen LogP contribution is -2.13. The number of carbonyl (C=O) groups is 1. The van der Waals surface area contributed by atoms with E-state index in [9.17, 15) is 4.79 Å². The van der Waals surface area contributed by atoms with Gasteiger partial charge >= 0.3 is 0 Å². The van der Waals surface area contributed by atoms with Crippen molar-refractivity contribution < 1.29 is 9.53 Å². The molecule has 0 saturated heterocycles. The minimum absolute atomic E-state index is 0.0916. The fraction of sp³-hybridized carbons (Fsp3) is 0.227. The van der Waals surface area contributed by atoms with Crippen molar-refractivity contribution >= 4 is 43.9 Å². The molecule has 0 fully saturated rings. The quantitative estimate of drug-likeness (QED) is 0.437. The van der Waals surface area contributed by atoms with E-state index in [0.29, 0.717) is 11.7 Å². The van der Waals surface area contributed by atoms with Gasteiger partial charge in [-0.2, -0.15) is 0 Å². The van der Waals surface area contributed by atoms with Gasteiger partial charge in [0.25, 0.3) is 0 Å². The summed E-state index contributed by atoms with van der Waals surface area (Å²) in [7, 11) is 0. The third-order valence-electron chi connectivity index (χ3n) is 4.37. The number of benzene rings is 2. The van der Waals surface area contributed by atoms with E-state index in [0.717, 1.165) is 37.1 Å². The number of nitrogens with zero attached hydrogens (tertiary/aromatic N) is 2. The molecule has 0 saturated carbocycles. The maximum absolute atomic E-state index is 12.7. The first-order valence-electron chi connectivity index (χ1n) is 9.38. The average molecular weight is 424 g/mol. The minimum atomic E-state index is -0.0916. The number of aromatic nitrogens is 2. The van der Waals surface area contributed by atoms with Gasteiger partial charge < -0.3 is 10.1 Å². The van der Waals surface area contributed by atoms with E-state index < -0.39 is 0 Å². The van der Waals surface area contributed by atoms with E-state index in [1.807, 2.05) is 32.0 Å². The van der Waals surface area contributed by atoms with Crippen molar-refractivity contribution in [2.24, 2.45) is 0 Å². The largest absolute Gasteiger partial charge is 0.494 e. The summed E-state index contributed by atoms with van der Waals surface area (Å²) < 4.78 is 6.52. The van der Waals surface area contributed by atoms with E-state index in [-0.39, 0.29) is 12.3 Å². The summed E-state index contributed by atoms with van der Waals surface area (Å²) >= 11 is 3.01. The van der Waals surface area contributed by atoms with Crippen LogP contribution in [0.25, 0.3) is 21.5 Å². The first-order chi connectivity index (χ1) is 14.0. The van der Waals surface area contributed by atoms with E-state index in [1.54, 1.807) is 11.3 Å². The van der Waals surface area contributed by atoms with Gasteiger partial charge in [0.05, 0.1) is 33.9 Å². The van der Waals surface area contributed by atoms with Crippen molar-refractivity contribution in [1.29, 1.82) is 0 Å². The number of carbonyl (C=O) groups excluding carboxylic acids is 1. The second-order valence-electron chi connectivity index (χ2n) is 6.68. The summed E-state index contributed by atoms with van der Waals surface area (Å²) in [6, 6.07) is 14.0. The maximum Gasteiger partial charge on any atom is 0.231 e. The smallest absolute Gasteiger partial charge is 0.231 e. The number of hydrogen-bond donors (Lipinski definition) is 1. The van der Waals surface area contributed by atoms with Crippen LogP contribution < -0.4 is 10.1 Å². The van der Waals surface area contributed by atoms with Gasteiger partial charge in [-0.05, 0) is 39.0 Å². The number of thiazole rings is 2. The second kappa shape index (κ2) is 8.31. The molecule has 2 aromatic heterocycles. The van der Waals surface area contributed by atoms with Crippen LogP contribution in [0.2, 0.25) is 0 Å². The Morgan fingerprint density at radius 1 is 1.07 bits per heavy atom. The van der Waals surface area contributed by atoms with E-state index in [2.05, 4.69) is 46.5 Å². The normalized spacial score (nSPS) is 11.0. The molecule has 7 heteroatoms. The molecule has 0 aliphatic heterocycles. The zero-order valence-electron chi connectivity index (χ0n) is 16.5. The second-order valence-corrected chi connectivity index (χ2v) is 9.00. The number of anilines is 1. The van der Waals surface area contributed by atoms with Crippen LogP contribution in [-0.4, -0.2) is 22.5 Å². The van der Waals surface area contributed by atoms with Crippen molar-refractivity contribution in [1.82, 2.24) is 9.97 Å². The van der Waals surface area contributed by atoms with E-state index >= 15 is 0 Å². The topological polar surface area (TPSA) is 64.1 Å². The van der Waals surface area contributed by atoms with E-state index in [1.165, 1.54) is 16.9 Å². The van der Waals surface area contributed by atoms with Crippen LogP contribution in [0.1, 0.15) is 22.4 Å². The lowest BCUT2D eigenvalue weighted by Gasteiger charge is -2.04. The highest BCUT2D eigenvalue weighted by Crippen LogP contribution is 2.31. The van der Waals surface area contributed by atoms with Crippen LogP contribution in [0.3, 0.4) is 0 Å². The average Bonchev–Trinajstić information content (AvgIpc) is 3.24. The van der Waals surface area contributed by atoms with E-state index in [4.69, 9.17) is 4.74 Å².